The van der Waals surface area contributed by atoms with Gasteiger partial charge in [-0.3, -0.25) is 0 Å². The Labute approximate surface area is 81.9 Å². The molecule has 66 valence electrons. The maximum Gasteiger partial charge on any atom is 0.120 e. The molecule has 0 amide bonds. The molecule has 0 radical (unpaired) electrons. The van der Waals surface area contributed by atoms with E-state index in [-0.39, 0.29) is 0 Å². The molecular weight excluding hydrogens is 216 g/mol. The molecular formula is C10H13BrO. The molecule has 1 aromatic rings. The molecule has 1 aromatic carbocycles. The third-order valence-electron chi connectivity index (χ3n) is 1.71. The van der Waals surface area contributed by atoms with E-state index >= 15 is 0 Å². The van der Waals surface area contributed by atoms with Crippen molar-refractivity contribution in [2.75, 3.05) is 0 Å². The second-order valence-corrected chi connectivity index (χ2v) is 3.71. The Morgan fingerprint density at radius 3 is 2.83 bits per heavy atom. The van der Waals surface area contributed by atoms with Gasteiger partial charge in [0.2, 0.25) is 0 Å². The van der Waals surface area contributed by atoms with E-state index in [4.69, 9.17) is 4.74 Å². The number of hydrogen-bond acceptors (Lipinski definition) is 1. The van der Waals surface area contributed by atoms with Crippen LogP contribution in [0.4, 0.5) is 0 Å². The average molecular weight is 229 g/mol. The van der Waals surface area contributed by atoms with Crippen LogP contribution in [0.25, 0.3) is 0 Å². The summed E-state index contributed by atoms with van der Waals surface area (Å²) in [5.74, 6) is 0.929. The molecule has 0 fully saturated rings. The fourth-order valence-electron chi connectivity index (χ4n) is 0.856. The Hall–Kier alpha value is -0.500. The third-order valence-corrected chi connectivity index (χ3v) is 2.20. The van der Waals surface area contributed by atoms with Crippen molar-refractivity contribution < 1.29 is 4.74 Å². The highest BCUT2D eigenvalue weighted by molar-refractivity contribution is 9.10. The van der Waals surface area contributed by atoms with Gasteiger partial charge >= 0.3 is 0 Å². The molecule has 1 nitrogen and oxygen atoms in total. The van der Waals surface area contributed by atoms with Crippen molar-refractivity contribution in [3.63, 3.8) is 0 Å². The Bertz CT molecular complexity index is 247. The zero-order valence-corrected chi connectivity index (χ0v) is 8.97. The van der Waals surface area contributed by atoms with Crippen LogP contribution in [0.2, 0.25) is 0 Å². The first-order chi connectivity index (χ1) is 5.72. The zero-order valence-electron chi connectivity index (χ0n) is 7.38. The first kappa shape index (κ1) is 9.59. The van der Waals surface area contributed by atoms with Gasteiger partial charge < -0.3 is 4.74 Å². The quantitative estimate of drug-likeness (QED) is 0.768. The monoisotopic (exact) mass is 228 g/mol. The van der Waals surface area contributed by atoms with Crippen LogP contribution in [0.1, 0.15) is 20.3 Å². The standard InChI is InChI=1S/C10H13BrO/c1-3-8(2)12-10-6-4-5-9(11)7-10/h4-8H,3H2,1-2H3. The van der Waals surface area contributed by atoms with Gasteiger partial charge in [-0.05, 0) is 31.5 Å². The normalized spacial score (nSPS) is 12.6. The average Bonchev–Trinajstić information content (AvgIpc) is 2.04. The number of rotatable bonds is 3. The number of halogens is 1. The number of benzene rings is 1. The minimum atomic E-state index is 0.291. The summed E-state index contributed by atoms with van der Waals surface area (Å²) >= 11 is 3.39. The van der Waals surface area contributed by atoms with E-state index in [1.165, 1.54) is 0 Å². The molecule has 0 aliphatic carbocycles. The highest BCUT2D eigenvalue weighted by Gasteiger charge is 1.99. The van der Waals surface area contributed by atoms with Gasteiger partial charge in [0.1, 0.15) is 5.75 Å². The summed E-state index contributed by atoms with van der Waals surface area (Å²) in [6, 6.07) is 7.91. The van der Waals surface area contributed by atoms with Crippen LogP contribution in [-0.4, -0.2) is 6.10 Å². The minimum absolute atomic E-state index is 0.291. The SMILES string of the molecule is CCC(C)Oc1cccc(Br)c1. The second kappa shape index (κ2) is 4.51. The van der Waals surface area contributed by atoms with E-state index in [2.05, 4.69) is 29.8 Å². The van der Waals surface area contributed by atoms with Crippen LogP contribution in [-0.2, 0) is 0 Å². The Morgan fingerprint density at radius 1 is 1.50 bits per heavy atom. The molecule has 0 heterocycles. The van der Waals surface area contributed by atoms with Crippen LogP contribution in [0.3, 0.4) is 0 Å². The lowest BCUT2D eigenvalue weighted by molar-refractivity contribution is 0.217. The predicted molar refractivity (Wildman–Crippen MR) is 54.5 cm³/mol. The highest BCUT2D eigenvalue weighted by atomic mass is 79.9. The van der Waals surface area contributed by atoms with Crippen LogP contribution in [0.5, 0.6) is 5.75 Å². The lowest BCUT2D eigenvalue weighted by Crippen LogP contribution is -2.09. The molecule has 0 saturated heterocycles. The largest absolute Gasteiger partial charge is 0.491 e. The van der Waals surface area contributed by atoms with Crippen molar-refractivity contribution in [1.29, 1.82) is 0 Å². The van der Waals surface area contributed by atoms with Crippen molar-refractivity contribution >= 4 is 15.9 Å². The van der Waals surface area contributed by atoms with E-state index in [0.29, 0.717) is 6.10 Å². The number of ether oxygens (including phenoxy) is 1. The van der Waals surface area contributed by atoms with Crippen LogP contribution in [0, 0.1) is 0 Å². The summed E-state index contributed by atoms with van der Waals surface area (Å²) in [6.07, 6.45) is 1.33. The molecule has 0 spiro atoms. The van der Waals surface area contributed by atoms with E-state index in [0.717, 1.165) is 16.6 Å². The van der Waals surface area contributed by atoms with Crippen molar-refractivity contribution in [2.24, 2.45) is 0 Å². The molecule has 0 saturated carbocycles. The van der Waals surface area contributed by atoms with Crippen LogP contribution >= 0.6 is 15.9 Å². The third kappa shape index (κ3) is 2.86. The van der Waals surface area contributed by atoms with Crippen LogP contribution < -0.4 is 4.74 Å². The first-order valence-electron chi connectivity index (χ1n) is 4.14. The fraction of sp³-hybridized carbons (Fsp3) is 0.400. The molecule has 0 bridgehead atoms. The van der Waals surface area contributed by atoms with Gasteiger partial charge in [0.05, 0.1) is 6.10 Å². The maximum absolute atomic E-state index is 5.61. The lowest BCUT2D eigenvalue weighted by atomic mass is 10.3. The Balaban J connectivity index is 2.63. The molecule has 0 aliphatic rings. The topological polar surface area (TPSA) is 9.23 Å². The van der Waals surface area contributed by atoms with Gasteiger partial charge in [-0.15, -0.1) is 0 Å². The van der Waals surface area contributed by atoms with Crippen molar-refractivity contribution in [1.82, 2.24) is 0 Å². The van der Waals surface area contributed by atoms with E-state index in [9.17, 15) is 0 Å². The van der Waals surface area contributed by atoms with Gasteiger partial charge in [0.25, 0.3) is 0 Å². The summed E-state index contributed by atoms with van der Waals surface area (Å²) < 4.78 is 6.67. The summed E-state index contributed by atoms with van der Waals surface area (Å²) in [4.78, 5) is 0. The first-order valence-corrected chi connectivity index (χ1v) is 4.94. The Morgan fingerprint density at radius 2 is 2.25 bits per heavy atom. The maximum atomic E-state index is 5.61. The summed E-state index contributed by atoms with van der Waals surface area (Å²) in [6.45, 7) is 4.18. The van der Waals surface area contributed by atoms with Crippen molar-refractivity contribution in [3.05, 3.63) is 28.7 Å². The molecule has 1 rings (SSSR count). The minimum Gasteiger partial charge on any atom is -0.491 e. The lowest BCUT2D eigenvalue weighted by Gasteiger charge is -2.12. The molecule has 0 N–H and O–H groups in total. The molecule has 1 atom stereocenters. The predicted octanol–water partition coefficient (Wildman–Crippen LogP) is 3.63. The molecule has 1 unspecified atom stereocenters. The number of hydrogen-bond donors (Lipinski definition) is 0. The van der Waals surface area contributed by atoms with Crippen LogP contribution in [0.15, 0.2) is 28.7 Å². The van der Waals surface area contributed by atoms with Gasteiger partial charge in [0, 0.05) is 4.47 Å². The van der Waals surface area contributed by atoms with E-state index in [1.54, 1.807) is 0 Å². The smallest absolute Gasteiger partial charge is 0.120 e. The summed E-state index contributed by atoms with van der Waals surface area (Å²) in [5, 5.41) is 0. The van der Waals surface area contributed by atoms with E-state index < -0.39 is 0 Å². The van der Waals surface area contributed by atoms with E-state index in [1.807, 2.05) is 24.3 Å². The van der Waals surface area contributed by atoms with Crippen molar-refractivity contribution in [3.8, 4) is 5.75 Å². The second-order valence-electron chi connectivity index (χ2n) is 2.79. The van der Waals surface area contributed by atoms with Gasteiger partial charge in [-0.1, -0.05) is 28.9 Å². The molecule has 0 aromatic heterocycles. The molecule has 12 heavy (non-hydrogen) atoms. The fourth-order valence-corrected chi connectivity index (χ4v) is 1.23. The van der Waals surface area contributed by atoms with Gasteiger partial charge in [-0.2, -0.15) is 0 Å². The Kier molecular flexibility index (Phi) is 3.60. The van der Waals surface area contributed by atoms with Gasteiger partial charge in [-0.25, -0.2) is 0 Å². The molecule has 2 heteroatoms. The zero-order chi connectivity index (χ0) is 8.97. The summed E-state index contributed by atoms with van der Waals surface area (Å²) in [7, 11) is 0. The van der Waals surface area contributed by atoms with Gasteiger partial charge in [0.15, 0.2) is 0 Å². The van der Waals surface area contributed by atoms with Crippen molar-refractivity contribution in [2.45, 2.75) is 26.4 Å². The molecule has 0 aliphatic heterocycles. The summed E-state index contributed by atoms with van der Waals surface area (Å²) in [5.41, 5.74) is 0. The highest BCUT2D eigenvalue weighted by Crippen LogP contribution is 2.19.